The minimum Gasteiger partial charge on any atom is -0.506 e. The highest BCUT2D eigenvalue weighted by molar-refractivity contribution is 7.80. The normalized spacial score (nSPS) is 13.9. The van der Waals surface area contributed by atoms with Crippen molar-refractivity contribution in [3.05, 3.63) is 63.7 Å². The van der Waals surface area contributed by atoms with Crippen LogP contribution in [0.4, 0.5) is 0 Å². The van der Waals surface area contributed by atoms with Crippen molar-refractivity contribution in [1.82, 2.24) is 10.2 Å². The lowest BCUT2D eigenvalue weighted by Crippen LogP contribution is -2.41. The maximum Gasteiger partial charge on any atom is 0.168 e. The molecule has 0 atom stereocenters. The lowest BCUT2D eigenvalue weighted by Gasteiger charge is -2.24. The van der Waals surface area contributed by atoms with E-state index < -0.39 is 0 Å². The highest BCUT2D eigenvalue weighted by Gasteiger charge is 2.17. The molecular formula is C20H23ClN2OS. The number of thiocarbonyl (C=S) groups is 1. The van der Waals surface area contributed by atoms with Crippen LogP contribution in [-0.4, -0.2) is 34.8 Å². The SMILES string of the molecule is Cc1ccc(CCNC(=S)N2CCc3cc(O)c(Cl)cc3CC2)cc1. The van der Waals surface area contributed by atoms with E-state index in [1.165, 1.54) is 16.7 Å². The third-order valence-electron chi connectivity index (χ3n) is 4.67. The van der Waals surface area contributed by atoms with Gasteiger partial charge in [-0.3, -0.25) is 0 Å². The van der Waals surface area contributed by atoms with Crippen molar-refractivity contribution in [3.63, 3.8) is 0 Å². The van der Waals surface area contributed by atoms with Crippen molar-refractivity contribution in [2.24, 2.45) is 0 Å². The summed E-state index contributed by atoms with van der Waals surface area (Å²) in [6, 6.07) is 12.3. The highest BCUT2D eigenvalue weighted by atomic mass is 35.5. The van der Waals surface area contributed by atoms with Crippen molar-refractivity contribution in [3.8, 4) is 5.75 Å². The fourth-order valence-corrected chi connectivity index (χ4v) is 3.59. The number of nitrogens with zero attached hydrogens (tertiary/aromatic N) is 1. The third-order valence-corrected chi connectivity index (χ3v) is 5.37. The Bertz CT molecular complexity index is 728. The Labute approximate surface area is 159 Å². The van der Waals surface area contributed by atoms with Crippen LogP contribution in [0.2, 0.25) is 5.02 Å². The fourth-order valence-electron chi connectivity index (χ4n) is 3.12. The van der Waals surface area contributed by atoms with Gasteiger partial charge in [0.1, 0.15) is 5.75 Å². The summed E-state index contributed by atoms with van der Waals surface area (Å²) in [5, 5.41) is 14.4. The van der Waals surface area contributed by atoms with Gasteiger partial charge in [-0.1, -0.05) is 41.4 Å². The van der Waals surface area contributed by atoms with Crippen LogP contribution in [0.5, 0.6) is 5.75 Å². The molecule has 0 amide bonds. The number of rotatable bonds is 3. The Morgan fingerprint density at radius 1 is 1.16 bits per heavy atom. The molecule has 0 aliphatic carbocycles. The molecule has 5 heteroatoms. The molecule has 0 unspecified atom stereocenters. The predicted molar refractivity (Wildman–Crippen MR) is 108 cm³/mol. The zero-order chi connectivity index (χ0) is 17.8. The summed E-state index contributed by atoms with van der Waals surface area (Å²) in [4.78, 5) is 2.20. The molecule has 1 heterocycles. The van der Waals surface area contributed by atoms with E-state index >= 15 is 0 Å². The summed E-state index contributed by atoms with van der Waals surface area (Å²) in [5.74, 6) is 0.160. The number of phenolic OH excluding ortho intramolecular Hbond substituents is 1. The number of fused-ring (bicyclic) bond motifs is 1. The van der Waals surface area contributed by atoms with Crippen LogP contribution in [0.15, 0.2) is 36.4 Å². The molecule has 2 N–H and O–H groups in total. The second-order valence-electron chi connectivity index (χ2n) is 6.53. The van der Waals surface area contributed by atoms with E-state index in [0.29, 0.717) is 5.02 Å². The summed E-state index contributed by atoms with van der Waals surface area (Å²) in [6.07, 6.45) is 2.70. The standard InChI is InChI=1S/C20H23ClN2OS/c1-14-2-4-15(5-3-14)6-9-22-20(25)23-10-7-16-12-18(21)19(24)13-17(16)8-11-23/h2-5,12-13,24H,6-11H2,1H3,(H,22,25). The van der Waals surface area contributed by atoms with Gasteiger partial charge in [0.2, 0.25) is 0 Å². The van der Waals surface area contributed by atoms with Gasteiger partial charge < -0.3 is 15.3 Å². The number of benzene rings is 2. The second kappa shape index (κ2) is 8.07. The molecule has 0 saturated carbocycles. The summed E-state index contributed by atoms with van der Waals surface area (Å²) in [7, 11) is 0. The molecule has 2 aromatic carbocycles. The van der Waals surface area contributed by atoms with Gasteiger partial charge in [0.25, 0.3) is 0 Å². The molecule has 0 aromatic heterocycles. The van der Waals surface area contributed by atoms with Gasteiger partial charge in [0, 0.05) is 19.6 Å². The lowest BCUT2D eigenvalue weighted by atomic mass is 10.0. The molecule has 0 spiro atoms. The molecule has 3 rings (SSSR count). The zero-order valence-corrected chi connectivity index (χ0v) is 16.0. The zero-order valence-electron chi connectivity index (χ0n) is 14.4. The number of nitrogens with one attached hydrogen (secondary N) is 1. The number of aryl methyl sites for hydroxylation is 1. The molecular weight excluding hydrogens is 352 g/mol. The van der Waals surface area contributed by atoms with Crippen molar-refractivity contribution < 1.29 is 5.11 Å². The molecule has 0 saturated heterocycles. The van der Waals surface area contributed by atoms with Crippen LogP contribution in [0.1, 0.15) is 22.3 Å². The topological polar surface area (TPSA) is 35.5 Å². The Morgan fingerprint density at radius 3 is 2.48 bits per heavy atom. The average molecular weight is 375 g/mol. The third kappa shape index (κ3) is 4.65. The molecule has 25 heavy (non-hydrogen) atoms. The Kier molecular flexibility index (Phi) is 5.82. The Hall–Kier alpha value is -1.78. The summed E-state index contributed by atoms with van der Waals surface area (Å²) in [5.41, 5.74) is 4.96. The lowest BCUT2D eigenvalue weighted by molar-refractivity contribution is 0.431. The maximum atomic E-state index is 9.80. The van der Waals surface area contributed by atoms with Crippen molar-refractivity contribution in [2.45, 2.75) is 26.2 Å². The van der Waals surface area contributed by atoms with Crippen LogP contribution in [0.3, 0.4) is 0 Å². The smallest absolute Gasteiger partial charge is 0.168 e. The van der Waals surface area contributed by atoms with Crippen LogP contribution in [0.25, 0.3) is 0 Å². The molecule has 2 aromatic rings. The summed E-state index contributed by atoms with van der Waals surface area (Å²) < 4.78 is 0. The van der Waals surface area contributed by atoms with E-state index in [9.17, 15) is 5.11 Å². The predicted octanol–water partition coefficient (Wildman–Crippen LogP) is 3.87. The molecule has 0 radical (unpaired) electrons. The molecule has 1 aliphatic rings. The highest BCUT2D eigenvalue weighted by Crippen LogP contribution is 2.29. The minimum absolute atomic E-state index is 0.160. The molecule has 0 bridgehead atoms. The van der Waals surface area contributed by atoms with Crippen LogP contribution in [0, 0.1) is 6.92 Å². The molecule has 3 nitrogen and oxygen atoms in total. The largest absolute Gasteiger partial charge is 0.506 e. The minimum atomic E-state index is 0.160. The van der Waals surface area contributed by atoms with Gasteiger partial charge in [-0.25, -0.2) is 0 Å². The fraction of sp³-hybridized carbons (Fsp3) is 0.350. The van der Waals surface area contributed by atoms with E-state index in [-0.39, 0.29) is 5.75 Å². The van der Waals surface area contributed by atoms with Crippen LogP contribution < -0.4 is 5.32 Å². The Morgan fingerprint density at radius 2 is 1.80 bits per heavy atom. The van der Waals surface area contributed by atoms with Gasteiger partial charge in [-0.2, -0.15) is 0 Å². The van der Waals surface area contributed by atoms with Gasteiger partial charge in [-0.05, 0) is 67.2 Å². The molecule has 1 aliphatic heterocycles. The first-order valence-electron chi connectivity index (χ1n) is 8.61. The number of aromatic hydroxyl groups is 1. The van der Waals surface area contributed by atoms with E-state index in [0.717, 1.165) is 49.6 Å². The van der Waals surface area contributed by atoms with Crippen LogP contribution in [-0.2, 0) is 19.3 Å². The first kappa shape index (κ1) is 18.0. The quantitative estimate of drug-likeness (QED) is 0.799. The van der Waals surface area contributed by atoms with Gasteiger partial charge in [0.15, 0.2) is 5.11 Å². The average Bonchev–Trinajstić information content (AvgIpc) is 2.79. The number of hydrogen-bond donors (Lipinski definition) is 2. The van der Waals surface area contributed by atoms with E-state index in [2.05, 4.69) is 41.4 Å². The van der Waals surface area contributed by atoms with E-state index in [1.807, 2.05) is 6.07 Å². The Balaban J connectivity index is 1.52. The summed E-state index contributed by atoms with van der Waals surface area (Å²) in [6.45, 7) is 4.65. The summed E-state index contributed by atoms with van der Waals surface area (Å²) >= 11 is 11.6. The number of phenols is 1. The van der Waals surface area contributed by atoms with Crippen LogP contribution >= 0.6 is 23.8 Å². The van der Waals surface area contributed by atoms with Crippen molar-refractivity contribution >= 4 is 28.9 Å². The number of hydrogen-bond acceptors (Lipinski definition) is 2. The van der Waals surface area contributed by atoms with Crippen molar-refractivity contribution in [1.29, 1.82) is 0 Å². The molecule has 0 fully saturated rings. The number of halogens is 1. The van der Waals surface area contributed by atoms with Gasteiger partial charge in [0.05, 0.1) is 5.02 Å². The first-order chi connectivity index (χ1) is 12.0. The van der Waals surface area contributed by atoms with Gasteiger partial charge in [-0.15, -0.1) is 0 Å². The second-order valence-corrected chi connectivity index (χ2v) is 7.32. The van der Waals surface area contributed by atoms with Gasteiger partial charge >= 0.3 is 0 Å². The molecule has 132 valence electrons. The van der Waals surface area contributed by atoms with E-state index in [4.69, 9.17) is 23.8 Å². The first-order valence-corrected chi connectivity index (χ1v) is 9.40. The maximum absolute atomic E-state index is 9.80. The monoisotopic (exact) mass is 374 g/mol. The van der Waals surface area contributed by atoms with Crippen molar-refractivity contribution in [2.75, 3.05) is 19.6 Å². The van der Waals surface area contributed by atoms with E-state index in [1.54, 1.807) is 6.07 Å².